The van der Waals surface area contributed by atoms with Crippen LogP contribution in [0.4, 0.5) is 10.5 Å². The van der Waals surface area contributed by atoms with Gasteiger partial charge >= 0.3 is 6.03 Å². The van der Waals surface area contributed by atoms with Crippen LogP contribution in [-0.2, 0) is 0 Å². The number of nitrogens with zero attached hydrogens (tertiary/aromatic N) is 2. The van der Waals surface area contributed by atoms with Gasteiger partial charge in [-0.2, -0.15) is 0 Å². The lowest BCUT2D eigenvalue weighted by molar-refractivity contribution is 0.104. The lowest BCUT2D eigenvalue weighted by Gasteiger charge is -2.39. The first kappa shape index (κ1) is 17.3. The predicted octanol–water partition coefficient (Wildman–Crippen LogP) is 4.11. The van der Waals surface area contributed by atoms with E-state index in [1.807, 2.05) is 36.1 Å². The van der Waals surface area contributed by atoms with Crippen molar-refractivity contribution in [2.45, 2.75) is 52.0 Å². The average molecular weight is 329 g/mol. The number of urea groups is 1. The van der Waals surface area contributed by atoms with Crippen LogP contribution < -0.4 is 5.32 Å². The first-order valence-corrected chi connectivity index (χ1v) is 9.49. The average Bonchev–Trinajstić information content (AvgIpc) is 2.59. The number of hydrogen-bond donors (Lipinski definition) is 1. The standard InChI is InChI=1S/C20H31N3O/c1-16-8-3-4-11-19(16)21-20(24)23-13-7-10-18(15-23)14-22-12-6-5-9-17(22)2/h3-4,8,11,17-18H,5-7,9-10,12-15H2,1-2H3,(H,21,24)/t17-,18+/m0/s1. The minimum Gasteiger partial charge on any atom is -0.324 e. The van der Waals surface area contributed by atoms with Gasteiger partial charge in [-0.1, -0.05) is 24.6 Å². The van der Waals surface area contributed by atoms with Gasteiger partial charge in [-0.25, -0.2) is 4.79 Å². The van der Waals surface area contributed by atoms with Gasteiger partial charge in [0.15, 0.2) is 0 Å². The van der Waals surface area contributed by atoms with Crippen molar-refractivity contribution in [3.8, 4) is 0 Å². The molecule has 0 saturated carbocycles. The highest BCUT2D eigenvalue weighted by Crippen LogP contribution is 2.23. The van der Waals surface area contributed by atoms with Crippen molar-refractivity contribution in [1.82, 2.24) is 9.80 Å². The second-order valence-electron chi connectivity index (χ2n) is 7.54. The molecule has 0 unspecified atom stereocenters. The van der Waals surface area contributed by atoms with E-state index in [0.29, 0.717) is 12.0 Å². The molecule has 2 fully saturated rings. The molecule has 4 nitrogen and oxygen atoms in total. The van der Waals surface area contributed by atoms with Crippen LogP contribution in [0.2, 0.25) is 0 Å². The highest BCUT2D eigenvalue weighted by molar-refractivity contribution is 5.90. The Morgan fingerprint density at radius 3 is 2.79 bits per heavy atom. The van der Waals surface area contributed by atoms with Crippen LogP contribution >= 0.6 is 0 Å². The lowest BCUT2D eigenvalue weighted by Crippen LogP contribution is -2.47. The number of amides is 2. The molecule has 2 aliphatic rings. The third kappa shape index (κ3) is 4.29. The molecule has 1 aromatic rings. The van der Waals surface area contributed by atoms with Crippen LogP contribution in [-0.4, -0.2) is 48.1 Å². The molecule has 24 heavy (non-hydrogen) atoms. The number of anilines is 1. The minimum absolute atomic E-state index is 0.0562. The van der Waals surface area contributed by atoms with Crippen molar-refractivity contribution >= 4 is 11.7 Å². The zero-order valence-electron chi connectivity index (χ0n) is 15.1. The maximum Gasteiger partial charge on any atom is 0.321 e. The number of carbonyl (C=O) groups excluding carboxylic acids is 1. The van der Waals surface area contributed by atoms with Crippen LogP contribution in [0, 0.1) is 12.8 Å². The predicted molar refractivity (Wildman–Crippen MR) is 99.4 cm³/mol. The summed E-state index contributed by atoms with van der Waals surface area (Å²) in [5, 5.41) is 3.09. The Hall–Kier alpha value is -1.55. The number of likely N-dealkylation sites (tertiary alicyclic amines) is 2. The number of nitrogens with one attached hydrogen (secondary N) is 1. The second kappa shape index (κ2) is 8.02. The molecule has 2 atom stereocenters. The molecule has 0 bridgehead atoms. The van der Waals surface area contributed by atoms with Gasteiger partial charge in [-0.3, -0.25) is 0 Å². The molecule has 0 aliphatic carbocycles. The van der Waals surface area contributed by atoms with E-state index < -0.39 is 0 Å². The Labute approximate surface area is 146 Å². The number of hydrogen-bond acceptors (Lipinski definition) is 2. The van der Waals surface area contributed by atoms with Gasteiger partial charge in [0.2, 0.25) is 0 Å². The summed E-state index contributed by atoms with van der Waals surface area (Å²) < 4.78 is 0. The maximum atomic E-state index is 12.6. The summed E-state index contributed by atoms with van der Waals surface area (Å²) >= 11 is 0. The molecular weight excluding hydrogens is 298 g/mol. The van der Waals surface area contributed by atoms with Crippen LogP contribution in [0.5, 0.6) is 0 Å². The Kier molecular flexibility index (Phi) is 5.77. The zero-order valence-corrected chi connectivity index (χ0v) is 15.1. The number of piperidine rings is 2. The van der Waals surface area contributed by atoms with Crippen molar-refractivity contribution in [3.63, 3.8) is 0 Å². The fourth-order valence-corrected chi connectivity index (χ4v) is 4.07. The summed E-state index contributed by atoms with van der Waals surface area (Å²) in [7, 11) is 0. The highest BCUT2D eigenvalue weighted by Gasteiger charge is 2.27. The Morgan fingerprint density at radius 1 is 1.17 bits per heavy atom. The van der Waals surface area contributed by atoms with Crippen molar-refractivity contribution in [3.05, 3.63) is 29.8 Å². The number of para-hydroxylation sites is 1. The molecule has 4 heteroatoms. The molecule has 2 amide bonds. The number of rotatable bonds is 3. The first-order valence-electron chi connectivity index (χ1n) is 9.49. The summed E-state index contributed by atoms with van der Waals surface area (Å²) in [6.45, 7) is 8.53. The quantitative estimate of drug-likeness (QED) is 0.905. The van der Waals surface area contributed by atoms with E-state index in [1.54, 1.807) is 0 Å². The Bertz CT molecular complexity index is 560. The normalized spacial score (nSPS) is 25.5. The molecule has 1 aromatic carbocycles. The molecule has 1 N–H and O–H groups in total. The first-order chi connectivity index (χ1) is 11.6. The summed E-state index contributed by atoms with van der Waals surface area (Å²) in [4.78, 5) is 17.3. The monoisotopic (exact) mass is 329 g/mol. The number of benzene rings is 1. The third-order valence-electron chi connectivity index (χ3n) is 5.63. The summed E-state index contributed by atoms with van der Waals surface area (Å²) in [6.07, 6.45) is 6.39. The Morgan fingerprint density at radius 2 is 2.00 bits per heavy atom. The largest absolute Gasteiger partial charge is 0.324 e. The Balaban J connectivity index is 1.55. The van der Waals surface area contributed by atoms with E-state index in [4.69, 9.17) is 0 Å². The molecule has 132 valence electrons. The SMILES string of the molecule is Cc1ccccc1NC(=O)N1CCC[C@H](CN2CCCC[C@@H]2C)C1. The van der Waals surface area contributed by atoms with Crippen LogP contribution in [0.3, 0.4) is 0 Å². The van der Waals surface area contributed by atoms with Crippen LogP contribution in [0.15, 0.2) is 24.3 Å². The molecule has 2 heterocycles. The minimum atomic E-state index is 0.0562. The number of aryl methyl sites for hydroxylation is 1. The van der Waals surface area contributed by atoms with E-state index in [9.17, 15) is 4.79 Å². The molecular formula is C20H31N3O. The van der Waals surface area contributed by atoms with Gasteiger partial charge in [0, 0.05) is 31.4 Å². The van der Waals surface area contributed by atoms with Gasteiger partial charge in [-0.05, 0) is 63.6 Å². The van der Waals surface area contributed by atoms with Gasteiger partial charge in [0.25, 0.3) is 0 Å². The van der Waals surface area contributed by atoms with E-state index >= 15 is 0 Å². The van der Waals surface area contributed by atoms with E-state index in [1.165, 1.54) is 32.2 Å². The lowest BCUT2D eigenvalue weighted by atomic mass is 9.95. The van der Waals surface area contributed by atoms with Gasteiger partial charge in [0.1, 0.15) is 0 Å². The molecule has 2 aliphatic heterocycles. The van der Waals surface area contributed by atoms with Crippen LogP contribution in [0.1, 0.15) is 44.6 Å². The van der Waals surface area contributed by atoms with Crippen LogP contribution in [0.25, 0.3) is 0 Å². The molecule has 0 spiro atoms. The summed E-state index contributed by atoms with van der Waals surface area (Å²) in [5.74, 6) is 0.613. The van der Waals surface area contributed by atoms with Crippen molar-refractivity contribution in [2.24, 2.45) is 5.92 Å². The fourth-order valence-electron chi connectivity index (χ4n) is 4.07. The van der Waals surface area contributed by atoms with E-state index in [-0.39, 0.29) is 6.03 Å². The molecule has 0 aromatic heterocycles. The highest BCUT2D eigenvalue weighted by atomic mass is 16.2. The summed E-state index contributed by atoms with van der Waals surface area (Å²) in [5.41, 5.74) is 2.04. The van der Waals surface area contributed by atoms with E-state index in [0.717, 1.165) is 37.3 Å². The number of carbonyl (C=O) groups is 1. The maximum absolute atomic E-state index is 12.6. The summed E-state index contributed by atoms with van der Waals surface area (Å²) in [6, 6.07) is 8.74. The molecule has 2 saturated heterocycles. The van der Waals surface area contributed by atoms with E-state index in [2.05, 4.69) is 17.1 Å². The van der Waals surface area contributed by atoms with Gasteiger partial charge in [-0.15, -0.1) is 0 Å². The smallest absolute Gasteiger partial charge is 0.321 e. The van der Waals surface area contributed by atoms with Crippen molar-refractivity contribution in [2.75, 3.05) is 31.5 Å². The van der Waals surface area contributed by atoms with Gasteiger partial charge < -0.3 is 15.1 Å². The second-order valence-corrected chi connectivity index (χ2v) is 7.54. The third-order valence-corrected chi connectivity index (χ3v) is 5.63. The zero-order chi connectivity index (χ0) is 16.9. The molecule has 0 radical (unpaired) electrons. The van der Waals surface area contributed by atoms with Crippen molar-refractivity contribution in [1.29, 1.82) is 0 Å². The van der Waals surface area contributed by atoms with Gasteiger partial charge in [0.05, 0.1) is 0 Å². The fraction of sp³-hybridized carbons (Fsp3) is 0.650. The molecule has 3 rings (SSSR count). The topological polar surface area (TPSA) is 35.6 Å². The van der Waals surface area contributed by atoms with Crippen molar-refractivity contribution < 1.29 is 4.79 Å².